The van der Waals surface area contributed by atoms with Crippen LogP contribution in [0.15, 0.2) is 57.5 Å². The van der Waals surface area contributed by atoms with Crippen molar-refractivity contribution in [2.75, 3.05) is 40.3 Å². The molecule has 2 fully saturated rings. The van der Waals surface area contributed by atoms with Gasteiger partial charge in [-0.1, -0.05) is 44.0 Å². The van der Waals surface area contributed by atoms with E-state index in [2.05, 4.69) is 71.5 Å². The first kappa shape index (κ1) is 42.7. The fourth-order valence-electron chi connectivity index (χ4n) is 2.77. The Kier molecular flexibility index (Phi) is 28.4. The molecule has 0 atom stereocenters. The first-order valence-corrected chi connectivity index (χ1v) is 12.3. The van der Waals surface area contributed by atoms with E-state index in [1.807, 2.05) is 75.7 Å². The van der Waals surface area contributed by atoms with Crippen molar-refractivity contribution in [1.29, 1.82) is 0 Å². The van der Waals surface area contributed by atoms with Gasteiger partial charge in [-0.05, 0) is 78.6 Å². The molecule has 2 aromatic rings. The summed E-state index contributed by atoms with van der Waals surface area (Å²) in [5, 5.41) is 10.1. The van der Waals surface area contributed by atoms with Crippen molar-refractivity contribution in [3.05, 3.63) is 73.0 Å². The van der Waals surface area contributed by atoms with Gasteiger partial charge in [-0.15, -0.1) is 0 Å². The van der Waals surface area contributed by atoms with Gasteiger partial charge in [-0.25, -0.2) is 0 Å². The van der Waals surface area contributed by atoms with Crippen LogP contribution in [0.2, 0.25) is 0 Å². The number of likely N-dealkylation sites (tertiary alicyclic amines) is 2. The first-order valence-electron chi connectivity index (χ1n) is 9.62. The second kappa shape index (κ2) is 22.6. The van der Waals surface area contributed by atoms with Crippen LogP contribution in [0.3, 0.4) is 0 Å². The van der Waals surface area contributed by atoms with Crippen LogP contribution in [0.25, 0.3) is 0 Å². The maximum Gasteiger partial charge on any atom is 2.00 e. The van der Waals surface area contributed by atoms with E-state index in [0.717, 1.165) is 27.6 Å². The van der Waals surface area contributed by atoms with Gasteiger partial charge in [0.05, 0.1) is 13.1 Å². The van der Waals surface area contributed by atoms with Crippen molar-refractivity contribution in [1.82, 2.24) is 9.80 Å². The zero-order valence-electron chi connectivity index (χ0n) is 20.4. The second-order valence-corrected chi connectivity index (χ2v) is 10.5. The normalized spacial score (nSPS) is 15.0. The maximum absolute atomic E-state index is 10.1. The van der Waals surface area contributed by atoms with Gasteiger partial charge in [0.1, 0.15) is 5.60 Å². The first-order chi connectivity index (χ1) is 14.1. The van der Waals surface area contributed by atoms with Crippen molar-refractivity contribution >= 4 is 83.3 Å². The zero-order chi connectivity index (χ0) is 22.7. The minimum atomic E-state index is -0.616. The molecule has 182 valence electrons. The van der Waals surface area contributed by atoms with Crippen molar-refractivity contribution in [3.8, 4) is 0 Å². The molecule has 0 amide bonds. The monoisotopic (exact) mass is 752 g/mol. The Hall–Kier alpha value is 1.62. The van der Waals surface area contributed by atoms with Gasteiger partial charge in [-0.3, -0.25) is 14.6 Å². The molecule has 2 saturated heterocycles. The van der Waals surface area contributed by atoms with E-state index in [-0.39, 0.29) is 66.7 Å². The van der Waals surface area contributed by atoms with Crippen LogP contribution in [-0.2, 0) is 10.4 Å². The number of halogens is 5. The summed E-state index contributed by atoms with van der Waals surface area (Å²) < 4.78 is 3.45. The maximum atomic E-state index is 10.1. The average molecular weight is 755 g/mol. The average Bonchev–Trinajstić information content (AvgIpc) is 2.64. The fraction of sp³-hybridized carbons (Fsp3) is 0.391. The van der Waals surface area contributed by atoms with Crippen LogP contribution in [-0.4, -0.2) is 84.0 Å². The number of likely N-dealkylation sites (N-methyl/N-ethyl adjacent to an activating group) is 2. The van der Waals surface area contributed by atoms with Crippen LogP contribution in [0.1, 0.15) is 19.4 Å². The molecule has 1 N–H and O–H groups in total. The van der Waals surface area contributed by atoms with Gasteiger partial charge >= 0.3 is 41.9 Å². The standard InChI is InChI=1S/C10H12BrNO.C6H4BrI.C4H7NO.C3H7.2ClH.Li.Mg/c1-12-6-10(13,7-12)8-2-4-9(11)5-3-8;7-5-1-3-6(8)4-2-5;1-5-2-4(6)3-5;1-3-2;;;;/h2-5,13H,6-7H2,1H3;1-4H;2-3H2,1H3;3H,1-2H3;2*1H;;/q;;;-1;;;+1;+2/p-2. The minimum absolute atomic E-state index is 0. The number of nitrogens with zero attached hydrogens (tertiary/aromatic N) is 2. The van der Waals surface area contributed by atoms with Gasteiger partial charge in [0, 0.05) is 25.6 Å². The molecular formula is C23H30Br2Cl2ILiMgN2O2. The van der Waals surface area contributed by atoms with Crippen molar-refractivity contribution < 1.29 is 53.6 Å². The number of hydrogen-bond acceptors (Lipinski definition) is 4. The summed E-state index contributed by atoms with van der Waals surface area (Å²) in [4.78, 5) is 14.1. The van der Waals surface area contributed by atoms with Crippen molar-refractivity contribution in [2.45, 2.75) is 19.4 Å². The molecule has 0 aromatic heterocycles. The number of aliphatic hydroxyl groups is 1. The van der Waals surface area contributed by atoms with E-state index in [9.17, 15) is 9.90 Å². The molecule has 4 rings (SSSR count). The predicted octanol–water partition coefficient (Wildman–Crippen LogP) is -4.00. The largest absolute Gasteiger partial charge is 2.00 e. The topological polar surface area (TPSA) is 43.8 Å². The molecule has 0 spiro atoms. The van der Waals surface area contributed by atoms with Gasteiger partial charge in [0.2, 0.25) is 0 Å². The third-order valence-electron chi connectivity index (χ3n) is 4.14. The number of benzene rings is 2. The van der Waals surface area contributed by atoms with E-state index in [1.165, 1.54) is 3.57 Å². The molecule has 2 aliphatic rings. The quantitative estimate of drug-likeness (QED) is 0.184. The smallest absolute Gasteiger partial charge is 1.00 e. The van der Waals surface area contributed by atoms with Crippen LogP contribution in [0.4, 0.5) is 0 Å². The Morgan fingerprint density at radius 2 is 1.24 bits per heavy atom. The van der Waals surface area contributed by atoms with Gasteiger partial charge in [-0.2, -0.15) is 13.8 Å². The van der Waals surface area contributed by atoms with E-state index >= 15 is 0 Å². The molecule has 2 aromatic carbocycles. The molecule has 4 nitrogen and oxygen atoms in total. The summed E-state index contributed by atoms with van der Waals surface area (Å²) in [6, 6.07) is 16.0. The molecule has 0 radical (unpaired) electrons. The summed E-state index contributed by atoms with van der Waals surface area (Å²) in [6.45, 7) is 6.79. The summed E-state index contributed by atoms with van der Waals surface area (Å²) >= 11 is 8.99. The Labute approximate surface area is 276 Å². The molecule has 0 bridgehead atoms. The predicted molar refractivity (Wildman–Crippen MR) is 146 cm³/mol. The molecule has 2 heterocycles. The zero-order valence-corrected chi connectivity index (χ0v) is 28.6. The summed E-state index contributed by atoms with van der Waals surface area (Å²) in [5.41, 5.74) is 0.393. The number of carbonyl (C=O) groups is 1. The van der Waals surface area contributed by atoms with Crippen molar-refractivity contribution in [2.24, 2.45) is 0 Å². The van der Waals surface area contributed by atoms with Crippen LogP contribution in [0, 0.1) is 9.99 Å². The number of rotatable bonds is 1. The van der Waals surface area contributed by atoms with Crippen LogP contribution < -0.4 is 43.7 Å². The summed E-state index contributed by atoms with van der Waals surface area (Å²) in [7, 11) is 3.94. The van der Waals surface area contributed by atoms with E-state index < -0.39 is 5.60 Å². The second-order valence-electron chi connectivity index (χ2n) is 7.44. The molecule has 34 heavy (non-hydrogen) atoms. The van der Waals surface area contributed by atoms with E-state index in [1.54, 1.807) is 0 Å². The Balaban J connectivity index is -0.000000188. The van der Waals surface area contributed by atoms with Gasteiger partial charge in [0.25, 0.3) is 0 Å². The van der Waals surface area contributed by atoms with Crippen LogP contribution in [0.5, 0.6) is 0 Å². The van der Waals surface area contributed by atoms with Crippen LogP contribution >= 0.6 is 54.5 Å². The number of carbonyl (C=O) groups excluding carboxylic acids is 1. The number of ketones is 1. The molecule has 0 saturated carbocycles. The summed E-state index contributed by atoms with van der Waals surface area (Å²) in [6.07, 6.45) is 2.00. The fourth-order valence-corrected chi connectivity index (χ4v) is 3.66. The third kappa shape index (κ3) is 17.2. The Bertz CT molecular complexity index is 759. The molecular weight excluding hydrogens is 725 g/mol. The summed E-state index contributed by atoms with van der Waals surface area (Å²) in [5.74, 6) is 0.359. The minimum Gasteiger partial charge on any atom is -1.00 e. The van der Waals surface area contributed by atoms with Gasteiger partial charge in [0.15, 0.2) is 5.78 Å². The van der Waals surface area contributed by atoms with E-state index in [4.69, 9.17) is 0 Å². The Morgan fingerprint density at radius 3 is 1.47 bits per heavy atom. The number of Topliss-reactive ketones (excluding diaryl/α,β-unsaturated/α-hetero) is 1. The van der Waals surface area contributed by atoms with Crippen molar-refractivity contribution in [3.63, 3.8) is 0 Å². The Morgan fingerprint density at radius 1 is 0.882 bits per heavy atom. The molecule has 0 unspecified atom stereocenters. The number of hydrogen-bond donors (Lipinski definition) is 1. The SMILES string of the molecule is Brc1ccc(I)cc1.CN1CC(=O)C1.CN1CC(O)(c2ccc(Br)cc2)C1.C[CH-]C.[Cl-].[Cl-].[Li+].[Mg+2]. The third-order valence-corrected chi connectivity index (χ3v) is 5.92. The van der Waals surface area contributed by atoms with E-state index in [0.29, 0.717) is 18.9 Å². The van der Waals surface area contributed by atoms with Gasteiger partial charge < -0.3 is 36.3 Å². The molecule has 0 aliphatic carbocycles. The molecule has 11 heteroatoms. The number of β-amino-alcohol motifs (C(OH)–C–C–N with tert-alkyl or cyclic N) is 1. The molecule has 2 aliphatic heterocycles.